The minimum atomic E-state index is -0.589. The number of nitrogens with zero attached hydrogens (tertiary/aromatic N) is 2. The maximum absolute atomic E-state index is 2.55. The van der Waals surface area contributed by atoms with Gasteiger partial charge in [0.15, 0.2) is 0 Å². The zero-order valence-corrected chi connectivity index (χ0v) is 42.6. The Hall–Kier alpha value is -8.98. The van der Waals surface area contributed by atoms with Crippen molar-refractivity contribution < 1.29 is 0 Å². The lowest BCUT2D eigenvalue weighted by molar-refractivity contribution is 0.660. The van der Waals surface area contributed by atoms with Crippen molar-refractivity contribution >= 4 is 34.1 Å². The minimum Gasteiger partial charge on any atom is -0.310 e. The van der Waals surface area contributed by atoms with Crippen molar-refractivity contribution in [3.8, 4) is 55.6 Å². The van der Waals surface area contributed by atoms with E-state index in [1.165, 1.54) is 112 Å². The molecular weight excluding hydrogens is 905 g/mol. The van der Waals surface area contributed by atoms with Gasteiger partial charge in [-0.25, -0.2) is 0 Å². The number of para-hydroxylation sites is 3. The van der Waals surface area contributed by atoms with Crippen LogP contribution in [0.5, 0.6) is 0 Å². The van der Waals surface area contributed by atoms with Crippen LogP contribution < -0.4 is 9.80 Å². The fraction of sp³-hybridized carbons (Fsp3) is 0.0959. The quantitative estimate of drug-likeness (QED) is 0.164. The van der Waals surface area contributed by atoms with Crippen molar-refractivity contribution in [2.24, 2.45) is 0 Å². The van der Waals surface area contributed by atoms with Crippen molar-refractivity contribution in [2.45, 2.75) is 43.9 Å². The molecule has 1 aliphatic heterocycles. The molecule has 75 heavy (non-hydrogen) atoms. The van der Waals surface area contributed by atoms with Gasteiger partial charge in [0.05, 0.1) is 16.8 Å². The van der Waals surface area contributed by atoms with E-state index in [1.807, 2.05) is 0 Å². The Bertz CT molecular complexity index is 4080. The SMILES string of the molecule is CC1(C)c2ccccc2-c2ccc(N(c3ccc4c(c3)C(C)(C)c3cc(-c5ccc(-c6ccccc6)cc5)ccc3-4)c3ccc4c(c3)C3(c5ccccc5-4)c4ccccc4N(c4ccccc4)c4ccccc43)cc21. The highest BCUT2D eigenvalue weighted by Gasteiger charge is 2.52. The summed E-state index contributed by atoms with van der Waals surface area (Å²) in [5.41, 5.74) is 29.3. The van der Waals surface area contributed by atoms with E-state index in [2.05, 4.69) is 292 Å². The van der Waals surface area contributed by atoms with Crippen molar-refractivity contribution in [1.29, 1.82) is 0 Å². The van der Waals surface area contributed by atoms with Gasteiger partial charge in [-0.05, 0) is 167 Å². The summed E-state index contributed by atoms with van der Waals surface area (Å²) in [6.07, 6.45) is 0. The van der Waals surface area contributed by atoms with Crippen molar-refractivity contribution in [1.82, 2.24) is 0 Å². The number of benzene rings is 11. The van der Waals surface area contributed by atoms with Crippen LogP contribution in [0.4, 0.5) is 34.1 Å². The number of rotatable bonds is 6. The Morgan fingerprint density at radius 2 is 0.627 bits per heavy atom. The van der Waals surface area contributed by atoms with Crippen molar-refractivity contribution in [2.75, 3.05) is 9.80 Å². The van der Waals surface area contributed by atoms with Crippen LogP contribution in [0.25, 0.3) is 55.6 Å². The molecule has 356 valence electrons. The van der Waals surface area contributed by atoms with E-state index < -0.39 is 5.41 Å². The molecule has 2 nitrogen and oxygen atoms in total. The maximum atomic E-state index is 2.55. The van der Waals surface area contributed by atoms with E-state index in [9.17, 15) is 0 Å². The zero-order chi connectivity index (χ0) is 50.2. The molecule has 0 amide bonds. The Kier molecular flexibility index (Phi) is 9.30. The molecule has 0 N–H and O–H groups in total. The second-order valence-electron chi connectivity index (χ2n) is 22.0. The molecule has 15 rings (SSSR count). The molecule has 2 heteroatoms. The predicted octanol–water partition coefficient (Wildman–Crippen LogP) is 19.2. The van der Waals surface area contributed by atoms with Crippen LogP contribution in [0.2, 0.25) is 0 Å². The van der Waals surface area contributed by atoms with E-state index >= 15 is 0 Å². The summed E-state index contributed by atoms with van der Waals surface area (Å²) in [5, 5.41) is 0. The van der Waals surface area contributed by atoms with Gasteiger partial charge >= 0.3 is 0 Å². The fourth-order valence-electron chi connectivity index (χ4n) is 13.9. The van der Waals surface area contributed by atoms with Crippen LogP contribution in [0.1, 0.15) is 72.2 Å². The summed E-state index contributed by atoms with van der Waals surface area (Å²) in [6, 6.07) is 95.8. The zero-order valence-electron chi connectivity index (χ0n) is 42.6. The first-order valence-corrected chi connectivity index (χ1v) is 26.5. The summed E-state index contributed by atoms with van der Waals surface area (Å²) in [5.74, 6) is 0. The molecule has 0 saturated carbocycles. The van der Waals surface area contributed by atoms with Gasteiger partial charge in [-0.2, -0.15) is 0 Å². The van der Waals surface area contributed by atoms with Gasteiger partial charge in [-0.1, -0.05) is 216 Å². The molecule has 0 radical (unpaired) electrons. The third-order valence-corrected chi connectivity index (χ3v) is 17.5. The summed E-state index contributed by atoms with van der Waals surface area (Å²) < 4.78 is 0. The molecule has 11 aromatic carbocycles. The second-order valence-corrected chi connectivity index (χ2v) is 22.0. The lowest BCUT2D eigenvalue weighted by Gasteiger charge is -2.45. The smallest absolute Gasteiger partial charge is 0.0755 e. The molecule has 3 aliphatic carbocycles. The average molecular weight is 959 g/mol. The van der Waals surface area contributed by atoms with Gasteiger partial charge in [0.1, 0.15) is 0 Å². The van der Waals surface area contributed by atoms with Crippen LogP contribution in [-0.2, 0) is 16.2 Å². The highest BCUT2D eigenvalue weighted by molar-refractivity contribution is 5.98. The Balaban J connectivity index is 0.918. The van der Waals surface area contributed by atoms with Crippen LogP contribution in [0.3, 0.4) is 0 Å². The van der Waals surface area contributed by atoms with E-state index in [0.717, 1.165) is 22.7 Å². The third kappa shape index (κ3) is 6.14. The number of fused-ring (bicyclic) bond motifs is 15. The lowest BCUT2D eigenvalue weighted by Crippen LogP contribution is -2.36. The van der Waals surface area contributed by atoms with Gasteiger partial charge in [-0.3, -0.25) is 0 Å². The van der Waals surface area contributed by atoms with Gasteiger partial charge in [-0.15, -0.1) is 0 Å². The summed E-state index contributed by atoms with van der Waals surface area (Å²) in [4.78, 5) is 5.01. The number of anilines is 6. The second kappa shape index (κ2) is 16.0. The Morgan fingerprint density at radius 3 is 1.20 bits per heavy atom. The molecule has 1 spiro atoms. The van der Waals surface area contributed by atoms with Gasteiger partial charge in [0.2, 0.25) is 0 Å². The first kappa shape index (κ1) is 43.6. The first-order valence-electron chi connectivity index (χ1n) is 26.5. The van der Waals surface area contributed by atoms with Crippen LogP contribution in [0.15, 0.2) is 255 Å². The molecule has 0 bridgehead atoms. The summed E-state index contributed by atoms with van der Waals surface area (Å²) >= 11 is 0. The van der Waals surface area contributed by atoms with E-state index in [4.69, 9.17) is 0 Å². The lowest BCUT2D eigenvalue weighted by atomic mass is 9.64. The minimum absolute atomic E-state index is 0.168. The molecule has 0 aromatic heterocycles. The van der Waals surface area contributed by atoms with Crippen LogP contribution in [-0.4, -0.2) is 0 Å². The van der Waals surface area contributed by atoms with Crippen LogP contribution >= 0.6 is 0 Å². The number of hydrogen-bond donors (Lipinski definition) is 0. The van der Waals surface area contributed by atoms with E-state index in [0.29, 0.717) is 0 Å². The van der Waals surface area contributed by atoms with Gasteiger partial charge in [0, 0.05) is 33.6 Å². The number of hydrogen-bond acceptors (Lipinski definition) is 2. The molecule has 0 saturated heterocycles. The molecule has 0 unspecified atom stereocenters. The normalized spacial score (nSPS) is 15.0. The molecule has 1 heterocycles. The van der Waals surface area contributed by atoms with Crippen LogP contribution in [0, 0.1) is 0 Å². The summed E-state index contributed by atoms with van der Waals surface area (Å²) in [7, 11) is 0. The Labute approximate surface area is 440 Å². The van der Waals surface area contributed by atoms with Gasteiger partial charge < -0.3 is 9.80 Å². The maximum Gasteiger partial charge on any atom is 0.0755 e. The van der Waals surface area contributed by atoms with E-state index in [-0.39, 0.29) is 10.8 Å². The average Bonchev–Trinajstić information content (AvgIpc) is 4.02. The topological polar surface area (TPSA) is 6.48 Å². The predicted molar refractivity (Wildman–Crippen MR) is 313 cm³/mol. The van der Waals surface area contributed by atoms with Gasteiger partial charge in [0.25, 0.3) is 0 Å². The highest BCUT2D eigenvalue weighted by atomic mass is 15.2. The molecule has 4 aliphatic rings. The van der Waals surface area contributed by atoms with E-state index in [1.54, 1.807) is 0 Å². The Morgan fingerprint density at radius 1 is 0.267 bits per heavy atom. The third-order valence-electron chi connectivity index (χ3n) is 17.5. The summed E-state index contributed by atoms with van der Waals surface area (Å²) in [6.45, 7) is 9.60. The molecule has 0 fully saturated rings. The monoisotopic (exact) mass is 958 g/mol. The first-order chi connectivity index (χ1) is 36.7. The highest BCUT2D eigenvalue weighted by Crippen LogP contribution is 2.64. The molecule has 11 aromatic rings. The fourth-order valence-corrected chi connectivity index (χ4v) is 13.9. The molecular formula is C73H54N2. The molecule has 0 atom stereocenters. The largest absolute Gasteiger partial charge is 0.310 e. The van der Waals surface area contributed by atoms with Crippen molar-refractivity contribution in [3.63, 3.8) is 0 Å². The standard InChI is InChI=1S/C73H54N2/c1-71(2)61-25-13-11-23-55(61)58-40-36-52(44-66(58)71)74(53-37-41-59-57-39-35-50(43-65(57)72(3,4)67(59)45-53)49-33-31-48(32-34-49)47-19-7-5-8-20-47)54-38-42-60-56-24-12-14-26-62(56)73(68(60)46-54)63-27-15-17-29-69(63)75(51-21-9-6-10-22-51)70-30-18-16-28-64(70)73/h5-46H,1-4H3. The van der Waals surface area contributed by atoms with Crippen molar-refractivity contribution in [3.05, 3.63) is 299 Å².